The minimum Gasteiger partial charge on any atom is -0.474 e. The Morgan fingerprint density at radius 2 is 1.84 bits per heavy atom. The highest BCUT2D eigenvalue weighted by Crippen LogP contribution is 2.28. The van der Waals surface area contributed by atoms with E-state index in [0.717, 1.165) is 34.9 Å². The third-order valence-corrected chi connectivity index (χ3v) is 4.62. The summed E-state index contributed by atoms with van der Waals surface area (Å²) in [6.07, 6.45) is 3.79. The summed E-state index contributed by atoms with van der Waals surface area (Å²) in [5.41, 5.74) is 2.46. The van der Waals surface area contributed by atoms with Gasteiger partial charge in [-0.25, -0.2) is 9.78 Å². The maximum atomic E-state index is 11.7. The molecule has 0 N–H and O–H groups in total. The molecule has 3 aromatic rings. The van der Waals surface area contributed by atoms with Crippen LogP contribution < -0.4 is 4.74 Å². The summed E-state index contributed by atoms with van der Waals surface area (Å²) in [6, 6.07) is 17.5. The van der Waals surface area contributed by atoms with Crippen LogP contribution >= 0.6 is 0 Å². The first kappa shape index (κ1) is 15.6. The molecule has 0 amide bonds. The van der Waals surface area contributed by atoms with Crippen molar-refractivity contribution in [1.82, 2.24) is 4.98 Å². The molecule has 1 heterocycles. The summed E-state index contributed by atoms with van der Waals surface area (Å²) in [6.45, 7) is 0. The van der Waals surface area contributed by atoms with E-state index in [0.29, 0.717) is 17.5 Å². The first-order chi connectivity index (χ1) is 12.2. The monoisotopic (exact) mass is 333 g/mol. The highest BCUT2D eigenvalue weighted by Gasteiger charge is 2.19. The molecule has 0 bridgehead atoms. The number of hydrogen-bond donors (Lipinski definition) is 0. The van der Waals surface area contributed by atoms with Crippen molar-refractivity contribution >= 4 is 16.7 Å². The van der Waals surface area contributed by atoms with Crippen LogP contribution in [0.15, 0.2) is 54.6 Å². The SMILES string of the molecule is COC(=O)c1ccc2cc(-c3cccc(OC4CCC4)n3)ccc2c1. The van der Waals surface area contributed by atoms with E-state index < -0.39 is 0 Å². The standard InChI is InChI=1S/C21H19NO3/c1-24-21(23)17-11-9-14-12-16(10-8-15(14)13-17)19-6-3-7-20(22-19)25-18-4-2-5-18/h3,6-13,18H,2,4-5H2,1H3. The average Bonchev–Trinajstić information content (AvgIpc) is 2.63. The molecular formula is C21H19NO3. The molecule has 4 heteroatoms. The average molecular weight is 333 g/mol. The molecule has 0 atom stereocenters. The van der Waals surface area contributed by atoms with Crippen LogP contribution in [0.4, 0.5) is 0 Å². The molecule has 0 radical (unpaired) electrons. The number of nitrogens with zero attached hydrogens (tertiary/aromatic N) is 1. The quantitative estimate of drug-likeness (QED) is 0.654. The summed E-state index contributed by atoms with van der Waals surface area (Å²) in [5.74, 6) is 0.358. The molecule has 0 spiro atoms. The van der Waals surface area contributed by atoms with Gasteiger partial charge in [0.1, 0.15) is 6.10 Å². The first-order valence-corrected chi connectivity index (χ1v) is 8.49. The number of methoxy groups -OCH3 is 1. The Kier molecular flexibility index (Phi) is 4.10. The molecule has 0 unspecified atom stereocenters. The van der Waals surface area contributed by atoms with E-state index in [1.807, 2.05) is 42.5 Å². The summed E-state index contributed by atoms with van der Waals surface area (Å²) < 4.78 is 10.7. The molecule has 1 aliphatic rings. The van der Waals surface area contributed by atoms with Crippen LogP contribution in [0.25, 0.3) is 22.0 Å². The van der Waals surface area contributed by atoms with Crippen molar-refractivity contribution in [3.63, 3.8) is 0 Å². The van der Waals surface area contributed by atoms with Gasteiger partial charge in [0.15, 0.2) is 0 Å². The lowest BCUT2D eigenvalue weighted by Gasteiger charge is -2.25. The Morgan fingerprint density at radius 1 is 1.04 bits per heavy atom. The molecule has 0 saturated heterocycles. The van der Waals surface area contributed by atoms with Crippen LogP contribution in [0.2, 0.25) is 0 Å². The molecule has 1 saturated carbocycles. The zero-order valence-electron chi connectivity index (χ0n) is 14.1. The van der Waals surface area contributed by atoms with Gasteiger partial charge in [-0.3, -0.25) is 0 Å². The molecular weight excluding hydrogens is 314 g/mol. The number of aromatic nitrogens is 1. The molecule has 25 heavy (non-hydrogen) atoms. The van der Waals surface area contributed by atoms with Gasteiger partial charge in [-0.1, -0.05) is 24.3 Å². The van der Waals surface area contributed by atoms with Crippen LogP contribution in [0.5, 0.6) is 5.88 Å². The Morgan fingerprint density at radius 3 is 2.60 bits per heavy atom. The molecule has 0 aliphatic heterocycles. The maximum absolute atomic E-state index is 11.7. The number of carbonyl (C=O) groups is 1. The number of fused-ring (bicyclic) bond motifs is 1. The normalized spacial score (nSPS) is 14.1. The molecule has 1 aliphatic carbocycles. The molecule has 4 nitrogen and oxygen atoms in total. The van der Waals surface area contributed by atoms with Gasteiger partial charge in [-0.2, -0.15) is 0 Å². The van der Waals surface area contributed by atoms with Crippen LogP contribution in [0.3, 0.4) is 0 Å². The lowest BCUT2D eigenvalue weighted by molar-refractivity contribution is 0.0601. The Hall–Kier alpha value is -2.88. The molecule has 1 aromatic heterocycles. The summed E-state index contributed by atoms with van der Waals surface area (Å²) >= 11 is 0. The van der Waals surface area contributed by atoms with Crippen molar-refractivity contribution in [3.8, 4) is 17.1 Å². The zero-order chi connectivity index (χ0) is 17.2. The van der Waals surface area contributed by atoms with Crippen molar-refractivity contribution < 1.29 is 14.3 Å². The van der Waals surface area contributed by atoms with E-state index in [-0.39, 0.29) is 5.97 Å². The van der Waals surface area contributed by atoms with Crippen molar-refractivity contribution in [2.45, 2.75) is 25.4 Å². The van der Waals surface area contributed by atoms with Crippen molar-refractivity contribution in [2.75, 3.05) is 7.11 Å². The van der Waals surface area contributed by atoms with Crippen LogP contribution in [-0.2, 0) is 4.74 Å². The van der Waals surface area contributed by atoms with Gasteiger partial charge in [0.2, 0.25) is 5.88 Å². The third-order valence-electron chi connectivity index (χ3n) is 4.62. The molecule has 4 rings (SSSR count). The summed E-state index contributed by atoms with van der Waals surface area (Å²) in [5, 5.41) is 2.05. The summed E-state index contributed by atoms with van der Waals surface area (Å²) in [4.78, 5) is 16.3. The second kappa shape index (κ2) is 6.55. The first-order valence-electron chi connectivity index (χ1n) is 8.49. The van der Waals surface area contributed by atoms with Crippen molar-refractivity contribution in [1.29, 1.82) is 0 Å². The number of benzene rings is 2. The van der Waals surface area contributed by atoms with Crippen LogP contribution in [0, 0.1) is 0 Å². The van der Waals surface area contributed by atoms with Crippen molar-refractivity contribution in [3.05, 3.63) is 60.2 Å². The van der Waals surface area contributed by atoms with Gasteiger partial charge in [-0.15, -0.1) is 0 Å². The number of esters is 1. The van der Waals surface area contributed by atoms with Crippen LogP contribution in [0.1, 0.15) is 29.6 Å². The maximum Gasteiger partial charge on any atom is 0.337 e. The van der Waals surface area contributed by atoms with Gasteiger partial charge in [0, 0.05) is 11.6 Å². The predicted molar refractivity (Wildman–Crippen MR) is 96.8 cm³/mol. The van der Waals surface area contributed by atoms with Crippen molar-refractivity contribution in [2.24, 2.45) is 0 Å². The molecule has 126 valence electrons. The Balaban J connectivity index is 1.64. The lowest BCUT2D eigenvalue weighted by Crippen LogP contribution is -2.24. The largest absolute Gasteiger partial charge is 0.474 e. The number of rotatable bonds is 4. The summed E-state index contributed by atoms with van der Waals surface area (Å²) in [7, 11) is 1.39. The fourth-order valence-electron chi connectivity index (χ4n) is 2.95. The van der Waals surface area contributed by atoms with E-state index in [1.54, 1.807) is 6.07 Å². The minimum absolute atomic E-state index is 0.316. The third kappa shape index (κ3) is 3.20. The molecule has 1 fully saturated rings. The Labute approximate surface area is 146 Å². The van der Waals surface area contributed by atoms with Gasteiger partial charge >= 0.3 is 5.97 Å². The smallest absolute Gasteiger partial charge is 0.337 e. The fourth-order valence-corrected chi connectivity index (χ4v) is 2.95. The second-order valence-electron chi connectivity index (χ2n) is 6.30. The van der Waals surface area contributed by atoms with Crippen LogP contribution in [-0.4, -0.2) is 24.2 Å². The predicted octanol–water partition coefficient (Wildman–Crippen LogP) is 4.62. The van der Waals surface area contributed by atoms with E-state index in [4.69, 9.17) is 9.47 Å². The van der Waals surface area contributed by atoms with E-state index >= 15 is 0 Å². The highest BCUT2D eigenvalue weighted by molar-refractivity contribution is 5.96. The van der Waals surface area contributed by atoms with E-state index in [2.05, 4.69) is 11.1 Å². The number of pyridine rings is 1. The fraction of sp³-hybridized carbons (Fsp3) is 0.238. The number of ether oxygens (including phenoxy) is 2. The van der Waals surface area contributed by atoms with Gasteiger partial charge in [-0.05, 0) is 54.3 Å². The van der Waals surface area contributed by atoms with E-state index in [9.17, 15) is 4.79 Å². The number of carbonyl (C=O) groups excluding carboxylic acids is 1. The van der Waals surface area contributed by atoms with Gasteiger partial charge in [0.25, 0.3) is 0 Å². The lowest BCUT2D eigenvalue weighted by atomic mass is 9.96. The van der Waals surface area contributed by atoms with Gasteiger partial charge in [0.05, 0.1) is 18.4 Å². The van der Waals surface area contributed by atoms with E-state index in [1.165, 1.54) is 13.5 Å². The molecule has 2 aromatic carbocycles. The number of hydrogen-bond acceptors (Lipinski definition) is 4. The van der Waals surface area contributed by atoms with Gasteiger partial charge < -0.3 is 9.47 Å². The minimum atomic E-state index is -0.325. The Bertz CT molecular complexity index is 931. The topological polar surface area (TPSA) is 48.4 Å². The zero-order valence-corrected chi connectivity index (χ0v) is 14.1. The highest BCUT2D eigenvalue weighted by atomic mass is 16.5. The second-order valence-corrected chi connectivity index (χ2v) is 6.30.